The topological polar surface area (TPSA) is 89.4 Å². The lowest BCUT2D eigenvalue weighted by Crippen LogP contribution is -2.51. The lowest BCUT2D eigenvalue weighted by Gasteiger charge is -2.38. The van der Waals surface area contributed by atoms with Crippen LogP contribution < -0.4 is 11.5 Å². The summed E-state index contributed by atoms with van der Waals surface area (Å²) in [6.45, 7) is 0.288. The van der Waals surface area contributed by atoms with Crippen molar-refractivity contribution in [2.24, 2.45) is 11.5 Å². The van der Waals surface area contributed by atoms with Crippen LogP contribution in [0.3, 0.4) is 0 Å². The Bertz CT molecular complexity index is 526. The van der Waals surface area contributed by atoms with Crippen molar-refractivity contribution in [3.8, 4) is 0 Å². The maximum atomic E-state index is 12.4. The summed E-state index contributed by atoms with van der Waals surface area (Å²) in [4.78, 5) is 25.1. The van der Waals surface area contributed by atoms with E-state index in [1.165, 1.54) is 4.90 Å². The normalized spacial score (nSPS) is 16.1. The van der Waals surface area contributed by atoms with Crippen LogP contribution in [0.15, 0.2) is 28.7 Å². The quantitative estimate of drug-likeness (QED) is 0.812. The molecule has 4 N–H and O–H groups in total. The highest BCUT2D eigenvalue weighted by atomic mass is 79.9. The molecule has 0 aromatic heterocycles. The summed E-state index contributed by atoms with van der Waals surface area (Å²) in [5, 5.41) is 0. The molecule has 1 aliphatic carbocycles. The molecule has 1 saturated carbocycles. The molecule has 2 amide bonds. The van der Waals surface area contributed by atoms with Gasteiger partial charge in [0.05, 0.1) is 6.54 Å². The van der Waals surface area contributed by atoms with Crippen molar-refractivity contribution < 1.29 is 9.59 Å². The second-order valence-corrected chi connectivity index (χ2v) is 6.65. The van der Waals surface area contributed by atoms with Gasteiger partial charge < -0.3 is 16.4 Å². The lowest BCUT2D eigenvalue weighted by molar-refractivity contribution is -0.137. The number of benzene rings is 1. The first-order chi connectivity index (χ1) is 9.88. The fourth-order valence-electron chi connectivity index (χ4n) is 2.45. The minimum Gasteiger partial charge on any atom is -0.368 e. The first-order valence-electron chi connectivity index (χ1n) is 6.97. The second-order valence-electron chi connectivity index (χ2n) is 5.74. The van der Waals surface area contributed by atoms with Crippen LogP contribution in [0.4, 0.5) is 0 Å². The van der Waals surface area contributed by atoms with E-state index in [1.54, 1.807) is 0 Å². The van der Waals surface area contributed by atoms with Crippen molar-refractivity contribution in [2.75, 3.05) is 6.54 Å². The molecule has 114 valence electrons. The zero-order valence-corrected chi connectivity index (χ0v) is 13.4. The van der Waals surface area contributed by atoms with E-state index in [0.717, 1.165) is 29.3 Å². The van der Waals surface area contributed by atoms with Gasteiger partial charge in [-0.2, -0.15) is 0 Å². The molecule has 0 aliphatic heterocycles. The summed E-state index contributed by atoms with van der Waals surface area (Å²) in [5.41, 5.74) is 11.9. The Morgan fingerprint density at radius 2 is 1.86 bits per heavy atom. The van der Waals surface area contributed by atoms with Crippen LogP contribution in [0.1, 0.15) is 31.2 Å². The molecule has 0 spiro atoms. The highest BCUT2D eigenvalue weighted by Gasteiger charge is 2.36. The predicted molar refractivity (Wildman–Crippen MR) is 84.1 cm³/mol. The molecule has 6 heteroatoms. The van der Waals surface area contributed by atoms with E-state index in [-0.39, 0.29) is 18.9 Å². The van der Waals surface area contributed by atoms with Gasteiger partial charge in [-0.1, -0.05) is 28.1 Å². The lowest BCUT2D eigenvalue weighted by atomic mass is 9.75. The minimum atomic E-state index is -0.514. The van der Waals surface area contributed by atoms with E-state index < -0.39 is 11.4 Å². The van der Waals surface area contributed by atoms with Crippen molar-refractivity contribution in [3.05, 3.63) is 34.3 Å². The largest absolute Gasteiger partial charge is 0.368 e. The van der Waals surface area contributed by atoms with Gasteiger partial charge in [-0.3, -0.25) is 9.59 Å². The maximum absolute atomic E-state index is 12.4. The fraction of sp³-hybridized carbons (Fsp3) is 0.467. The minimum absolute atomic E-state index is 0.0784. The average molecular weight is 354 g/mol. The Hall–Kier alpha value is -1.40. The first-order valence-corrected chi connectivity index (χ1v) is 7.77. The van der Waals surface area contributed by atoms with Crippen LogP contribution in [-0.4, -0.2) is 28.8 Å². The molecule has 21 heavy (non-hydrogen) atoms. The molecule has 0 bridgehead atoms. The summed E-state index contributed by atoms with van der Waals surface area (Å²) in [7, 11) is 0. The van der Waals surface area contributed by atoms with Crippen LogP contribution in [0.5, 0.6) is 0 Å². The molecule has 1 aromatic carbocycles. The predicted octanol–water partition coefficient (Wildman–Crippen LogP) is 1.53. The van der Waals surface area contributed by atoms with Gasteiger partial charge in [0.25, 0.3) is 0 Å². The standard InChI is InChI=1S/C15H20BrN3O2/c16-12-4-2-11(3-5-12)9-19(10-13(17)20)14(21)8-15(18)6-1-7-15/h2-5H,1,6-10,18H2,(H2,17,20). The summed E-state index contributed by atoms with van der Waals surface area (Å²) in [6.07, 6.45) is 3.06. The Morgan fingerprint density at radius 3 is 2.33 bits per heavy atom. The number of nitrogens with zero attached hydrogens (tertiary/aromatic N) is 1. The SMILES string of the molecule is NC(=O)CN(Cc1ccc(Br)cc1)C(=O)CC1(N)CCC1. The summed E-state index contributed by atoms with van der Waals surface area (Å²) in [5.74, 6) is -0.626. The molecular weight excluding hydrogens is 334 g/mol. The van der Waals surface area contributed by atoms with Crippen molar-refractivity contribution >= 4 is 27.7 Å². The van der Waals surface area contributed by atoms with E-state index in [2.05, 4.69) is 15.9 Å². The zero-order valence-electron chi connectivity index (χ0n) is 11.8. The van der Waals surface area contributed by atoms with Crippen molar-refractivity contribution in [1.29, 1.82) is 0 Å². The first kappa shape index (κ1) is 16.0. The van der Waals surface area contributed by atoms with Gasteiger partial charge >= 0.3 is 0 Å². The number of primary amides is 1. The summed E-state index contributed by atoms with van der Waals surface area (Å²) in [6, 6.07) is 7.62. The smallest absolute Gasteiger partial charge is 0.237 e. The molecule has 1 aromatic rings. The summed E-state index contributed by atoms with van der Waals surface area (Å²) < 4.78 is 0.967. The third-order valence-corrected chi connectivity index (χ3v) is 4.37. The Labute approximate surface area is 132 Å². The van der Waals surface area contributed by atoms with Gasteiger partial charge in [0.15, 0.2) is 0 Å². The van der Waals surface area contributed by atoms with Gasteiger partial charge in [-0.15, -0.1) is 0 Å². The fourth-order valence-corrected chi connectivity index (χ4v) is 2.72. The monoisotopic (exact) mass is 353 g/mol. The molecule has 0 radical (unpaired) electrons. The number of amides is 2. The number of halogens is 1. The van der Waals surface area contributed by atoms with E-state index in [1.807, 2.05) is 24.3 Å². The van der Waals surface area contributed by atoms with Crippen LogP contribution in [0.2, 0.25) is 0 Å². The van der Waals surface area contributed by atoms with E-state index >= 15 is 0 Å². The molecule has 0 atom stereocenters. The molecule has 2 rings (SSSR count). The Balaban J connectivity index is 2.04. The maximum Gasteiger partial charge on any atom is 0.237 e. The van der Waals surface area contributed by atoms with Gasteiger partial charge in [-0.05, 0) is 37.0 Å². The van der Waals surface area contributed by atoms with Crippen LogP contribution >= 0.6 is 15.9 Å². The number of carbonyl (C=O) groups excluding carboxylic acids is 2. The average Bonchev–Trinajstić information content (AvgIpc) is 2.38. The van der Waals surface area contributed by atoms with Crippen molar-refractivity contribution in [3.63, 3.8) is 0 Å². The number of hydrogen-bond donors (Lipinski definition) is 2. The third-order valence-electron chi connectivity index (χ3n) is 3.84. The molecule has 0 saturated heterocycles. The van der Waals surface area contributed by atoms with Gasteiger partial charge in [-0.25, -0.2) is 0 Å². The molecule has 1 aliphatic rings. The van der Waals surface area contributed by atoms with E-state index in [0.29, 0.717) is 6.54 Å². The van der Waals surface area contributed by atoms with Crippen molar-refractivity contribution in [1.82, 2.24) is 4.90 Å². The number of carbonyl (C=O) groups is 2. The van der Waals surface area contributed by atoms with Gasteiger partial charge in [0, 0.05) is 23.0 Å². The molecule has 0 unspecified atom stereocenters. The van der Waals surface area contributed by atoms with Crippen LogP contribution in [-0.2, 0) is 16.1 Å². The number of hydrogen-bond acceptors (Lipinski definition) is 3. The third kappa shape index (κ3) is 4.54. The van der Waals surface area contributed by atoms with Crippen molar-refractivity contribution in [2.45, 2.75) is 37.8 Å². The molecule has 1 fully saturated rings. The molecule has 5 nitrogen and oxygen atoms in total. The highest BCUT2D eigenvalue weighted by Crippen LogP contribution is 2.32. The van der Waals surface area contributed by atoms with Crippen LogP contribution in [0, 0.1) is 0 Å². The highest BCUT2D eigenvalue weighted by molar-refractivity contribution is 9.10. The van der Waals surface area contributed by atoms with Gasteiger partial charge in [0.1, 0.15) is 0 Å². The molecular formula is C15H20BrN3O2. The number of nitrogens with two attached hydrogens (primary N) is 2. The number of rotatable bonds is 6. The van der Waals surface area contributed by atoms with Gasteiger partial charge in [0.2, 0.25) is 11.8 Å². The Morgan fingerprint density at radius 1 is 1.24 bits per heavy atom. The Kier molecular flexibility index (Phi) is 5.00. The molecule has 0 heterocycles. The van der Waals surface area contributed by atoms with Crippen LogP contribution in [0.25, 0.3) is 0 Å². The summed E-state index contributed by atoms with van der Waals surface area (Å²) >= 11 is 3.37. The van der Waals surface area contributed by atoms with E-state index in [4.69, 9.17) is 11.5 Å². The second kappa shape index (κ2) is 6.58. The zero-order chi connectivity index (χ0) is 15.5. The van der Waals surface area contributed by atoms with E-state index in [9.17, 15) is 9.59 Å².